The molecule has 0 saturated carbocycles. The van der Waals surface area contributed by atoms with E-state index in [9.17, 15) is 4.79 Å². The summed E-state index contributed by atoms with van der Waals surface area (Å²) in [4.78, 5) is 23.2. The predicted octanol–water partition coefficient (Wildman–Crippen LogP) is 2.05. The minimum absolute atomic E-state index is 0.0961. The monoisotopic (exact) mass is 367 g/mol. The fraction of sp³-hybridized carbons (Fsp3) is 0.235. The molecule has 138 valence electrons. The molecule has 0 unspecified atom stereocenters. The number of nitrogen functional groups attached to an aromatic ring is 2. The van der Waals surface area contributed by atoms with Gasteiger partial charge in [-0.25, -0.2) is 14.6 Å². The molecular formula is C17H17N7O3. The van der Waals surface area contributed by atoms with Crippen molar-refractivity contribution in [3.8, 4) is 11.3 Å². The molecule has 0 aliphatic heterocycles. The first-order chi connectivity index (χ1) is 13.0. The summed E-state index contributed by atoms with van der Waals surface area (Å²) in [5.41, 5.74) is 14.9. The van der Waals surface area contributed by atoms with Crippen LogP contribution in [0.4, 0.5) is 11.8 Å². The first-order valence-corrected chi connectivity index (χ1v) is 8.38. The second-order valence-electron chi connectivity index (χ2n) is 6.11. The van der Waals surface area contributed by atoms with Crippen LogP contribution in [0.1, 0.15) is 19.3 Å². The van der Waals surface area contributed by atoms with Gasteiger partial charge in [-0.3, -0.25) is 4.79 Å². The first kappa shape index (κ1) is 16.8. The van der Waals surface area contributed by atoms with Gasteiger partial charge in [-0.2, -0.15) is 10.1 Å². The van der Waals surface area contributed by atoms with Gasteiger partial charge < -0.3 is 21.0 Å². The van der Waals surface area contributed by atoms with E-state index in [2.05, 4.69) is 20.1 Å². The van der Waals surface area contributed by atoms with Crippen LogP contribution >= 0.6 is 0 Å². The first-order valence-electron chi connectivity index (χ1n) is 8.38. The number of carbonyl (C=O) groups is 1. The Balaban J connectivity index is 1.76. The van der Waals surface area contributed by atoms with Crippen LogP contribution in [0, 0.1) is 0 Å². The normalized spacial score (nSPS) is 11.4. The van der Waals surface area contributed by atoms with Crippen molar-refractivity contribution in [1.82, 2.24) is 24.7 Å². The molecule has 5 N–H and O–H groups in total. The molecule has 10 nitrogen and oxygen atoms in total. The van der Waals surface area contributed by atoms with Gasteiger partial charge >= 0.3 is 5.97 Å². The maximum Gasteiger partial charge on any atom is 0.303 e. The average Bonchev–Trinajstić information content (AvgIpc) is 3.18. The molecule has 27 heavy (non-hydrogen) atoms. The third-order valence-electron chi connectivity index (χ3n) is 4.25. The Morgan fingerprint density at radius 1 is 1.22 bits per heavy atom. The Labute approximate surface area is 152 Å². The standard InChI is InChI=1S/C17H17N7O3/c18-15-13-14(9-4-5-11-10(7-9)22-17(19)27-11)23-24(16(13)21-8-20-15)6-2-1-3-12(25)26/h4-5,7-8H,1-3,6H2,(H2,19,22)(H,25,26)(H2,18,20,21). The van der Waals surface area contributed by atoms with Crippen molar-refractivity contribution in [3.63, 3.8) is 0 Å². The summed E-state index contributed by atoms with van der Waals surface area (Å²) in [5.74, 6) is -0.487. The number of rotatable bonds is 6. The fourth-order valence-corrected chi connectivity index (χ4v) is 3.02. The molecule has 0 radical (unpaired) electrons. The summed E-state index contributed by atoms with van der Waals surface area (Å²) in [5, 5.41) is 14.1. The maximum atomic E-state index is 10.7. The van der Waals surface area contributed by atoms with Crippen molar-refractivity contribution in [2.45, 2.75) is 25.8 Å². The number of hydrogen-bond acceptors (Lipinski definition) is 8. The van der Waals surface area contributed by atoms with Gasteiger partial charge in [0.15, 0.2) is 11.2 Å². The highest BCUT2D eigenvalue weighted by Crippen LogP contribution is 2.32. The number of hydrogen-bond donors (Lipinski definition) is 3. The third kappa shape index (κ3) is 3.12. The van der Waals surface area contributed by atoms with Crippen molar-refractivity contribution in [1.29, 1.82) is 0 Å². The van der Waals surface area contributed by atoms with Crippen molar-refractivity contribution in [3.05, 3.63) is 24.5 Å². The minimum atomic E-state index is -0.812. The molecular weight excluding hydrogens is 350 g/mol. The number of nitrogens with two attached hydrogens (primary N) is 2. The van der Waals surface area contributed by atoms with E-state index in [1.165, 1.54) is 6.33 Å². The van der Waals surface area contributed by atoms with Gasteiger partial charge in [0.05, 0.1) is 5.39 Å². The van der Waals surface area contributed by atoms with Crippen LogP contribution in [0.5, 0.6) is 0 Å². The Kier molecular flexibility index (Phi) is 4.07. The van der Waals surface area contributed by atoms with E-state index in [0.29, 0.717) is 53.0 Å². The molecule has 0 fully saturated rings. The zero-order valence-electron chi connectivity index (χ0n) is 14.3. The van der Waals surface area contributed by atoms with E-state index in [-0.39, 0.29) is 12.4 Å². The largest absolute Gasteiger partial charge is 0.481 e. The lowest BCUT2D eigenvalue weighted by molar-refractivity contribution is -0.137. The Bertz CT molecular complexity index is 1150. The van der Waals surface area contributed by atoms with Gasteiger partial charge in [0, 0.05) is 18.5 Å². The van der Waals surface area contributed by atoms with E-state index < -0.39 is 5.97 Å². The average molecular weight is 367 g/mol. The molecule has 3 heterocycles. The topological polar surface area (TPSA) is 159 Å². The quantitative estimate of drug-likeness (QED) is 0.433. The van der Waals surface area contributed by atoms with Gasteiger partial charge in [-0.05, 0) is 31.0 Å². The molecule has 0 spiro atoms. The predicted molar refractivity (Wildman–Crippen MR) is 98.6 cm³/mol. The number of fused-ring (bicyclic) bond motifs is 2. The van der Waals surface area contributed by atoms with Crippen LogP contribution in [0.2, 0.25) is 0 Å². The molecule has 0 bridgehead atoms. The summed E-state index contributed by atoms with van der Waals surface area (Å²) >= 11 is 0. The molecule has 0 amide bonds. The highest BCUT2D eigenvalue weighted by atomic mass is 16.4. The summed E-state index contributed by atoms with van der Waals surface area (Å²) in [6.45, 7) is 0.527. The van der Waals surface area contributed by atoms with Gasteiger partial charge in [0.1, 0.15) is 23.4 Å². The molecule has 10 heteroatoms. The second kappa shape index (κ2) is 6.56. The Morgan fingerprint density at radius 3 is 2.89 bits per heavy atom. The van der Waals surface area contributed by atoms with Crippen LogP contribution in [0.25, 0.3) is 33.4 Å². The van der Waals surface area contributed by atoms with E-state index in [0.717, 1.165) is 5.56 Å². The number of unbranched alkanes of at least 4 members (excludes halogenated alkanes) is 1. The van der Waals surface area contributed by atoms with Crippen LogP contribution in [-0.2, 0) is 11.3 Å². The number of oxazole rings is 1. The van der Waals surface area contributed by atoms with Crippen LogP contribution in [0.3, 0.4) is 0 Å². The summed E-state index contributed by atoms with van der Waals surface area (Å²) in [6, 6.07) is 5.53. The highest BCUT2D eigenvalue weighted by Gasteiger charge is 2.18. The van der Waals surface area contributed by atoms with Gasteiger partial charge in [-0.15, -0.1) is 0 Å². The molecule has 0 saturated heterocycles. The number of carboxylic acids is 1. The number of carboxylic acid groups (broad SMARTS) is 1. The number of anilines is 2. The summed E-state index contributed by atoms with van der Waals surface area (Å²) in [7, 11) is 0. The number of benzene rings is 1. The van der Waals surface area contributed by atoms with Crippen LogP contribution in [0.15, 0.2) is 28.9 Å². The number of aryl methyl sites for hydroxylation is 1. The Hall–Kier alpha value is -3.69. The Morgan fingerprint density at radius 2 is 2.07 bits per heavy atom. The van der Waals surface area contributed by atoms with Crippen molar-refractivity contribution >= 4 is 39.9 Å². The number of aromatic nitrogens is 5. The molecule has 4 aromatic rings. The molecule has 0 atom stereocenters. The zero-order chi connectivity index (χ0) is 19.0. The number of nitrogens with zero attached hydrogens (tertiary/aromatic N) is 5. The van der Waals surface area contributed by atoms with Crippen molar-refractivity contribution < 1.29 is 14.3 Å². The van der Waals surface area contributed by atoms with Gasteiger partial charge in [0.2, 0.25) is 0 Å². The highest BCUT2D eigenvalue weighted by molar-refractivity contribution is 5.99. The summed E-state index contributed by atoms with van der Waals surface area (Å²) in [6.07, 6.45) is 2.72. The van der Waals surface area contributed by atoms with Gasteiger partial charge in [-0.1, -0.05) is 0 Å². The number of aliphatic carboxylic acids is 1. The van der Waals surface area contributed by atoms with Gasteiger partial charge in [0.25, 0.3) is 6.01 Å². The summed E-state index contributed by atoms with van der Waals surface area (Å²) < 4.78 is 7.03. The van der Waals surface area contributed by atoms with E-state index in [1.807, 2.05) is 12.1 Å². The molecule has 3 aromatic heterocycles. The van der Waals surface area contributed by atoms with Crippen molar-refractivity contribution in [2.24, 2.45) is 0 Å². The lowest BCUT2D eigenvalue weighted by atomic mass is 10.1. The lowest BCUT2D eigenvalue weighted by Crippen LogP contribution is -2.03. The zero-order valence-corrected chi connectivity index (χ0v) is 14.3. The smallest absolute Gasteiger partial charge is 0.303 e. The van der Waals surface area contributed by atoms with Crippen LogP contribution in [-0.4, -0.2) is 35.8 Å². The minimum Gasteiger partial charge on any atom is -0.481 e. The van der Waals surface area contributed by atoms with E-state index >= 15 is 0 Å². The molecule has 0 aliphatic carbocycles. The molecule has 4 rings (SSSR count). The molecule has 0 aliphatic rings. The second-order valence-corrected chi connectivity index (χ2v) is 6.11. The fourth-order valence-electron chi connectivity index (χ4n) is 3.02. The molecule has 1 aromatic carbocycles. The SMILES string of the molecule is Nc1nc2cc(-c3nn(CCCCC(=O)O)c4ncnc(N)c34)ccc2o1. The van der Waals surface area contributed by atoms with E-state index in [1.54, 1.807) is 10.7 Å². The van der Waals surface area contributed by atoms with Crippen molar-refractivity contribution in [2.75, 3.05) is 11.5 Å². The van der Waals surface area contributed by atoms with E-state index in [4.69, 9.17) is 21.0 Å². The van der Waals surface area contributed by atoms with Crippen LogP contribution < -0.4 is 11.5 Å². The maximum absolute atomic E-state index is 10.7. The lowest BCUT2D eigenvalue weighted by Gasteiger charge is -2.01. The third-order valence-corrected chi connectivity index (χ3v) is 4.25.